The second-order valence-electron chi connectivity index (χ2n) is 6.89. The number of pyridine rings is 1. The SMILES string of the molecule is Cc1ccnc(N2C(=O)C(=O)C(=C(O)c3ccccc3Cl)[C@@H]2c2ccc(Cl)cc2)c1. The van der Waals surface area contributed by atoms with Crippen molar-refractivity contribution in [2.45, 2.75) is 13.0 Å². The summed E-state index contributed by atoms with van der Waals surface area (Å²) in [5.74, 6) is -1.61. The van der Waals surface area contributed by atoms with E-state index in [4.69, 9.17) is 23.2 Å². The number of benzene rings is 2. The fraction of sp³-hybridized carbons (Fsp3) is 0.0870. The number of nitrogens with zero attached hydrogens (tertiary/aromatic N) is 2. The van der Waals surface area contributed by atoms with Crippen molar-refractivity contribution in [1.29, 1.82) is 0 Å². The first-order chi connectivity index (χ1) is 14.4. The van der Waals surface area contributed by atoms with Gasteiger partial charge in [-0.05, 0) is 54.4 Å². The molecule has 150 valence electrons. The first kappa shape index (κ1) is 20.1. The number of aryl methyl sites for hydroxylation is 1. The first-order valence-electron chi connectivity index (χ1n) is 9.12. The monoisotopic (exact) mass is 438 g/mol. The second-order valence-corrected chi connectivity index (χ2v) is 7.74. The zero-order valence-corrected chi connectivity index (χ0v) is 17.4. The van der Waals surface area contributed by atoms with E-state index in [-0.39, 0.29) is 21.9 Å². The van der Waals surface area contributed by atoms with Crippen LogP contribution < -0.4 is 4.90 Å². The van der Waals surface area contributed by atoms with Gasteiger partial charge in [0.2, 0.25) is 0 Å². The van der Waals surface area contributed by atoms with Gasteiger partial charge < -0.3 is 5.11 Å². The molecule has 1 N–H and O–H groups in total. The zero-order valence-electron chi connectivity index (χ0n) is 15.8. The Kier molecular flexibility index (Phi) is 5.33. The number of rotatable bonds is 3. The van der Waals surface area contributed by atoms with Gasteiger partial charge in [0.1, 0.15) is 11.6 Å². The predicted molar refractivity (Wildman–Crippen MR) is 117 cm³/mol. The Bertz CT molecular complexity index is 1190. The number of aliphatic hydroxyl groups is 1. The molecule has 7 heteroatoms. The first-order valence-corrected chi connectivity index (χ1v) is 9.88. The van der Waals surface area contributed by atoms with Crippen LogP contribution in [-0.4, -0.2) is 21.8 Å². The van der Waals surface area contributed by atoms with E-state index in [1.165, 1.54) is 4.90 Å². The molecule has 3 aromatic rings. The lowest BCUT2D eigenvalue weighted by Crippen LogP contribution is -2.30. The quantitative estimate of drug-likeness (QED) is 0.341. The summed E-state index contributed by atoms with van der Waals surface area (Å²) in [5, 5.41) is 11.8. The highest BCUT2D eigenvalue weighted by Gasteiger charge is 2.47. The van der Waals surface area contributed by atoms with Gasteiger partial charge in [0.25, 0.3) is 5.78 Å². The number of amides is 1. The molecule has 2 aromatic carbocycles. The molecule has 1 aliphatic rings. The van der Waals surface area contributed by atoms with Gasteiger partial charge >= 0.3 is 5.91 Å². The minimum absolute atomic E-state index is 0.0567. The Morgan fingerprint density at radius 3 is 2.40 bits per heavy atom. The fourth-order valence-electron chi connectivity index (χ4n) is 3.48. The van der Waals surface area contributed by atoms with Crippen molar-refractivity contribution >= 4 is 46.5 Å². The number of hydrogen-bond donors (Lipinski definition) is 1. The third kappa shape index (κ3) is 3.47. The molecule has 1 fully saturated rings. The normalized spacial score (nSPS) is 18.1. The maximum atomic E-state index is 13.0. The van der Waals surface area contributed by atoms with Gasteiger partial charge in [-0.25, -0.2) is 4.98 Å². The molecule has 1 amide bonds. The Hall–Kier alpha value is -3.15. The van der Waals surface area contributed by atoms with Crippen molar-refractivity contribution in [3.63, 3.8) is 0 Å². The molecule has 30 heavy (non-hydrogen) atoms. The van der Waals surface area contributed by atoms with Crippen LogP contribution in [0.3, 0.4) is 0 Å². The Labute approximate surface area is 183 Å². The molecule has 0 bridgehead atoms. The molecule has 0 spiro atoms. The van der Waals surface area contributed by atoms with E-state index < -0.39 is 17.7 Å². The zero-order chi connectivity index (χ0) is 21.4. The number of ketones is 1. The molecule has 1 aromatic heterocycles. The Morgan fingerprint density at radius 1 is 1.03 bits per heavy atom. The van der Waals surface area contributed by atoms with E-state index in [2.05, 4.69) is 4.98 Å². The molecule has 2 heterocycles. The average molecular weight is 439 g/mol. The van der Waals surface area contributed by atoms with Crippen molar-refractivity contribution in [3.05, 3.63) is 99.2 Å². The standard InChI is InChI=1S/C23H16Cl2N2O3/c1-13-10-11-26-18(12-13)27-20(14-6-8-15(24)9-7-14)19(22(29)23(27)30)21(28)16-4-2-3-5-17(16)25/h2-12,20,28H,1H3/t20-/m0/s1. The molecule has 1 saturated heterocycles. The van der Waals surface area contributed by atoms with Crippen LogP contribution in [0.25, 0.3) is 5.76 Å². The van der Waals surface area contributed by atoms with Gasteiger partial charge in [0, 0.05) is 16.8 Å². The summed E-state index contributed by atoms with van der Waals surface area (Å²) in [6.45, 7) is 1.86. The summed E-state index contributed by atoms with van der Waals surface area (Å²) in [5.41, 5.74) is 1.70. The van der Waals surface area contributed by atoms with Crippen molar-refractivity contribution in [3.8, 4) is 0 Å². The van der Waals surface area contributed by atoms with Gasteiger partial charge in [0.15, 0.2) is 0 Å². The Morgan fingerprint density at radius 2 is 1.73 bits per heavy atom. The van der Waals surface area contributed by atoms with E-state index in [0.29, 0.717) is 16.4 Å². The smallest absolute Gasteiger partial charge is 0.301 e. The topological polar surface area (TPSA) is 70.5 Å². The molecular weight excluding hydrogens is 423 g/mol. The van der Waals surface area contributed by atoms with E-state index in [1.807, 2.05) is 6.92 Å². The highest BCUT2D eigenvalue weighted by atomic mass is 35.5. The third-order valence-corrected chi connectivity index (χ3v) is 5.49. The van der Waals surface area contributed by atoms with E-state index in [1.54, 1.807) is 66.9 Å². The summed E-state index contributed by atoms with van der Waals surface area (Å²) < 4.78 is 0. The summed E-state index contributed by atoms with van der Waals surface area (Å²) in [7, 11) is 0. The molecule has 4 rings (SSSR count). The number of aromatic nitrogens is 1. The number of aliphatic hydroxyl groups excluding tert-OH is 1. The summed E-state index contributed by atoms with van der Waals surface area (Å²) in [6.07, 6.45) is 1.57. The molecule has 0 saturated carbocycles. The van der Waals surface area contributed by atoms with Crippen LogP contribution in [0, 0.1) is 6.92 Å². The van der Waals surface area contributed by atoms with Gasteiger partial charge in [-0.1, -0.05) is 47.5 Å². The van der Waals surface area contributed by atoms with E-state index in [0.717, 1.165) is 5.56 Å². The lowest BCUT2D eigenvalue weighted by atomic mass is 9.95. The number of halogens is 2. The van der Waals surface area contributed by atoms with Crippen LogP contribution in [0.1, 0.15) is 22.7 Å². The fourth-order valence-corrected chi connectivity index (χ4v) is 3.83. The minimum atomic E-state index is -0.882. The van der Waals surface area contributed by atoms with Crippen LogP contribution in [0.5, 0.6) is 0 Å². The summed E-state index contributed by atoms with van der Waals surface area (Å²) in [6, 6.07) is 16.0. The number of carbonyl (C=O) groups is 2. The molecule has 0 radical (unpaired) electrons. The van der Waals surface area contributed by atoms with Crippen molar-refractivity contribution in [2.75, 3.05) is 4.90 Å². The number of anilines is 1. The minimum Gasteiger partial charge on any atom is -0.507 e. The molecule has 1 atom stereocenters. The second kappa shape index (κ2) is 7.94. The van der Waals surface area contributed by atoms with Gasteiger partial charge in [0.05, 0.1) is 16.6 Å². The van der Waals surface area contributed by atoms with Crippen LogP contribution in [0.2, 0.25) is 10.0 Å². The molecule has 0 aliphatic carbocycles. The number of hydrogen-bond acceptors (Lipinski definition) is 4. The van der Waals surface area contributed by atoms with Gasteiger partial charge in [-0.3, -0.25) is 14.5 Å². The van der Waals surface area contributed by atoms with Crippen LogP contribution >= 0.6 is 23.2 Å². The van der Waals surface area contributed by atoms with Crippen molar-refractivity contribution < 1.29 is 14.7 Å². The van der Waals surface area contributed by atoms with Gasteiger partial charge in [-0.15, -0.1) is 0 Å². The van der Waals surface area contributed by atoms with Crippen LogP contribution in [0.15, 0.2) is 72.4 Å². The number of carbonyl (C=O) groups excluding carboxylic acids is 2. The molecule has 5 nitrogen and oxygen atoms in total. The molecule has 0 unspecified atom stereocenters. The average Bonchev–Trinajstić information content (AvgIpc) is 2.99. The third-order valence-electron chi connectivity index (χ3n) is 4.91. The van der Waals surface area contributed by atoms with Crippen LogP contribution in [0.4, 0.5) is 5.82 Å². The van der Waals surface area contributed by atoms with Gasteiger partial charge in [-0.2, -0.15) is 0 Å². The highest BCUT2D eigenvalue weighted by molar-refractivity contribution is 6.51. The predicted octanol–water partition coefficient (Wildman–Crippen LogP) is 5.32. The molecule has 1 aliphatic heterocycles. The summed E-state index contributed by atoms with van der Waals surface area (Å²) in [4.78, 5) is 31.6. The molecular formula is C23H16Cl2N2O3. The maximum Gasteiger partial charge on any atom is 0.301 e. The largest absolute Gasteiger partial charge is 0.507 e. The Balaban J connectivity index is 1.98. The maximum absolute atomic E-state index is 13.0. The number of Topliss-reactive ketones (excluding diaryl/α,β-unsaturated/α-hetero) is 1. The van der Waals surface area contributed by atoms with Crippen molar-refractivity contribution in [2.24, 2.45) is 0 Å². The lowest BCUT2D eigenvalue weighted by Gasteiger charge is -2.24. The van der Waals surface area contributed by atoms with Crippen LogP contribution in [-0.2, 0) is 9.59 Å². The van der Waals surface area contributed by atoms with E-state index >= 15 is 0 Å². The summed E-state index contributed by atoms with van der Waals surface area (Å²) >= 11 is 12.3. The van der Waals surface area contributed by atoms with Crippen molar-refractivity contribution in [1.82, 2.24) is 4.98 Å². The lowest BCUT2D eigenvalue weighted by molar-refractivity contribution is -0.132. The highest BCUT2D eigenvalue weighted by Crippen LogP contribution is 2.42. The van der Waals surface area contributed by atoms with E-state index in [9.17, 15) is 14.7 Å².